The van der Waals surface area contributed by atoms with Crippen molar-refractivity contribution in [2.45, 2.75) is 25.3 Å². The lowest BCUT2D eigenvalue weighted by molar-refractivity contribution is 0.107. The summed E-state index contributed by atoms with van der Waals surface area (Å²) in [7, 11) is 0. The molecular formula is C10H20N4. The number of amidine groups is 1. The third-order valence-corrected chi connectivity index (χ3v) is 3.37. The van der Waals surface area contributed by atoms with Gasteiger partial charge in [-0.1, -0.05) is 0 Å². The fourth-order valence-corrected chi connectivity index (χ4v) is 2.54. The molecule has 4 heteroatoms. The molecule has 0 radical (unpaired) electrons. The molecule has 2 fully saturated rings. The average Bonchev–Trinajstić information content (AvgIpc) is 2.61. The molecular weight excluding hydrogens is 176 g/mol. The van der Waals surface area contributed by atoms with Gasteiger partial charge in [-0.15, -0.1) is 0 Å². The molecule has 0 aromatic heterocycles. The van der Waals surface area contributed by atoms with Crippen molar-refractivity contribution in [2.75, 3.05) is 32.7 Å². The van der Waals surface area contributed by atoms with E-state index in [9.17, 15) is 0 Å². The first-order valence-corrected chi connectivity index (χ1v) is 5.55. The van der Waals surface area contributed by atoms with Gasteiger partial charge >= 0.3 is 0 Å². The SMILES string of the molecule is N=C(N)CCN1CCN2CCCC2C1. The standard InChI is InChI=1S/C10H20N4/c11-10(12)3-5-13-6-7-14-4-1-2-9(14)8-13/h9H,1-8H2,(H3,11,12). The van der Waals surface area contributed by atoms with Gasteiger partial charge in [0.2, 0.25) is 0 Å². The normalized spacial score (nSPS) is 29.0. The van der Waals surface area contributed by atoms with Gasteiger partial charge in [0.25, 0.3) is 0 Å². The van der Waals surface area contributed by atoms with E-state index in [4.69, 9.17) is 11.1 Å². The second kappa shape index (κ2) is 4.28. The number of hydrogen-bond donors (Lipinski definition) is 2. The van der Waals surface area contributed by atoms with Crippen LogP contribution < -0.4 is 5.73 Å². The van der Waals surface area contributed by atoms with Crippen molar-refractivity contribution in [1.82, 2.24) is 9.80 Å². The number of nitrogens with one attached hydrogen (secondary N) is 1. The van der Waals surface area contributed by atoms with Gasteiger partial charge in [-0.2, -0.15) is 0 Å². The number of nitrogens with two attached hydrogens (primary N) is 1. The zero-order chi connectivity index (χ0) is 9.97. The molecule has 14 heavy (non-hydrogen) atoms. The van der Waals surface area contributed by atoms with E-state index in [-0.39, 0.29) is 0 Å². The zero-order valence-electron chi connectivity index (χ0n) is 8.71. The van der Waals surface area contributed by atoms with Gasteiger partial charge in [0, 0.05) is 38.6 Å². The predicted molar refractivity (Wildman–Crippen MR) is 57.6 cm³/mol. The summed E-state index contributed by atoms with van der Waals surface area (Å²) in [5.41, 5.74) is 5.36. The van der Waals surface area contributed by atoms with Gasteiger partial charge in [-0.25, -0.2) is 0 Å². The average molecular weight is 196 g/mol. The largest absolute Gasteiger partial charge is 0.388 e. The van der Waals surface area contributed by atoms with Crippen molar-refractivity contribution < 1.29 is 0 Å². The third kappa shape index (κ3) is 2.25. The van der Waals surface area contributed by atoms with Crippen LogP contribution in [0.3, 0.4) is 0 Å². The summed E-state index contributed by atoms with van der Waals surface area (Å²) in [4.78, 5) is 5.05. The van der Waals surface area contributed by atoms with Crippen molar-refractivity contribution in [3.8, 4) is 0 Å². The maximum Gasteiger partial charge on any atom is 0.0918 e. The zero-order valence-corrected chi connectivity index (χ0v) is 8.71. The van der Waals surface area contributed by atoms with Gasteiger partial charge in [0.05, 0.1) is 5.84 Å². The molecule has 0 bridgehead atoms. The van der Waals surface area contributed by atoms with Crippen LogP contribution >= 0.6 is 0 Å². The van der Waals surface area contributed by atoms with Crippen LogP contribution in [-0.2, 0) is 0 Å². The third-order valence-electron chi connectivity index (χ3n) is 3.37. The van der Waals surface area contributed by atoms with Crippen LogP contribution in [0.5, 0.6) is 0 Å². The lowest BCUT2D eigenvalue weighted by Gasteiger charge is -2.37. The molecule has 1 atom stereocenters. The molecule has 0 amide bonds. The molecule has 0 aromatic carbocycles. The first-order valence-electron chi connectivity index (χ1n) is 5.55. The Morgan fingerprint density at radius 2 is 2.21 bits per heavy atom. The number of nitrogens with zero attached hydrogens (tertiary/aromatic N) is 2. The van der Waals surface area contributed by atoms with Crippen LogP contribution in [0.1, 0.15) is 19.3 Å². The summed E-state index contributed by atoms with van der Waals surface area (Å²) in [6.45, 7) is 5.82. The minimum Gasteiger partial charge on any atom is -0.388 e. The number of fused-ring (bicyclic) bond motifs is 1. The van der Waals surface area contributed by atoms with Gasteiger partial charge in [0.1, 0.15) is 0 Å². The van der Waals surface area contributed by atoms with Crippen molar-refractivity contribution in [3.63, 3.8) is 0 Å². The van der Waals surface area contributed by atoms with E-state index in [1.54, 1.807) is 0 Å². The van der Waals surface area contributed by atoms with E-state index in [0.29, 0.717) is 5.84 Å². The molecule has 4 nitrogen and oxygen atoms in total. The first kappa shape index (κ1) is 9.93. The van der Waals surface area contributed by atoms with Crippen molar-refractivity contribution in [3.05, 3.63) is 0 Å². The van der Waals surface area contributed by atoms with Crippen LogP contribution in [0.4, 0.5) is 0 Å². The maximum absolute atomic E-state index is 7.20. The monoisotopic (exact) mass is 196 g/mol. The fourth-order valence-electron chi connectivity index (χ4n) is 2.54. The Kier molecular flexibility index (Phi) is 3.03. The molecule has 80 valence electrons. The van der Waals surface area contributed by atoms with Crippen LogP contribution in [0, 0.1) is 5.41 Å². The Labute approximate surface area is 85.6 Å². The van der Waals surface area contributed by atoms with E-state index >= 15 is 0 Å². The molecule has 1 unspecified atom stereocenters. The molecule has 0 aromatic rings. The predicted octanol–water partition coefficient (Wildman–Crippen LogP) is 0.0925. The molecule has 2 saturated heterocycles. The van der Waals surface area contributed by atoms with Crippen LogP contribution in [0.15, 0.2) is 0 Å². The second-order valence-corrected chi connectivity index (χ2v) is 4.41. The summed E-state index contributed by atoms with van der Waals surface area (Å²) >= 11 is 0. The Hall–Kier alpha value is -0.610. The Bertz CT molecular complexity index is 216. The van der Waals surface area contributed by atoms with E-state index in [1.165, 1.54) is 32.5 Å². The highest BCUT2D eigenvalue weighted by Gasteiger charge is 2.29. The molecule has 2 aliphatic rings. The topological polar surface area (TPSA) is 56.4 Å². The fraction of sp³-hybridized carbons (Fsp3) is 0.900. The Balaban J connectivity index is 1.77. The maximum atomic E-state index is 7.20. The summed E-state index contributed by atoms with van der Waals surface area (Å²) in [6.07, 6.45) is 3.45. The van der Waals surface area contributed by atoms with E-state index in [1.807, 2.05) is 0 Å². The van der Waals surface area contributed by atoms with Gasteiger partial charge in [-0.05, 0) is 19.4 Å². The van der Waals surface area contributed by atoms with E-state index in [0.717, 1.165) is 25.6 Å². The van der Waals surface area contributed by atoms with Crippen LogP contribution in [-0.4, -0.2) is 54.4 Å². The Morgan fingerprint density at radius 3 is 3.00 bits per heavy atom. The van der Waals surface area contributed by atoms with Crippen molar-refractivity contribution in [1.29, 1.82) is 5.41 Å². The molecule has 0 spiro atoms. The van der Waals surface area contributed by atoms with E-state index in [2.05, 4.69) is 9.80 Å². The smallest absolute Gasteiger partial charge is 0.0918 e. The number of hydrogen-bond acceptors (Lipinski definition) is 3. The lowest BCUT2D eigenvalue weighted by atomic mass is 10.1. The lowest BCUT2D eigenvalue weighted by Crippen LogP contribution is -2.50. The molecule has 2 heterocycles. The van der Waals surface area contributed by atoms with Gasteiger partial charge in [-0.3, -0.25) is 10.3 Å². The number of piperazine rings is 1. The summed E-state index contributed by atoms with van der Waals surface area (Å²) in [5.74, 6) is 0.318. The first-order chi connectivity index (χ1) is 6.75. The van der Waals surface area contributed by atoms with Crippen LogP contribution in [0.2, 0.25) is 0 Å². The molecule has 2 aliphatic heterocycles. The Morgan fingerprint density at radius 1 is 1.36 bits per heavy atom. The van der Waals surface area contributed by atoms with Crippen molar-refractivity contribution >= 4 is 5.84 Å². The quantitative estimate of drug-likeness (QED) is 0.497. The molecule has 0 aliphatic carbocycles. The highest BCUT2D eigenvalue weighted by Crippen LogP contribution is 2.21. The molecule has 2 rings (SSSR count). The molecule has 0 saturated carbocycles. The second-order valence-electron chi connectivity index (χ2n) is 4.41. The summed E-state index contributed by atoms with van der Waals surface area (Å²) in [5, 5.41) is 7.20. The van der Waals surface area contributed by atoms with Gasteiger partial charge in [0.15, 0.2) is 0 Å². The summed E-state index contributed by atoms with van der Waals surface area (Å²) in [6, 6.07) is 0.788. The minimum absolute atomic E-state index is 0.318. The van der Waals surface area contributed by atoms with E-state index < -0.39 is 0 Å². The highest BCUT2D eigenvalue weighted by molar-refractivity contribution is 5.76. The highest BCUT2D eigenvalue weighted by atomic mass is 15.3. The van der Waals surface area contributed by atoms with Crippen molar-refractivity contribution in [2.24, 2.45) is 5.73 Å². The van der Waals surface area contributed by atoms with Gasteiger partial charge < -0.3 is 10.6 Å². The number of rotatable bonds is 3. The van der Waals surface area contributed by atoms with Crippen LogP contribution in [0.25, 0.3) is 0 Å². The summed E-state index contributed by atoms with van der Waals surface area (Å²) < 4.78 is 0. The molecule has 3 N–H and O–H groups in total. The minimum atomic E-state index is 0.318.